The zero-order valence-electron chi connectivity index (χ0n) is 13.3. The fourth-order valence-corrected chi connectivity index (χ4v) is 2.56. The van der Waals surface area contributed by atoms with Gasteiger partial charge in [0.2, 0.25) is 0 Å². The number of rotatable bonds is 4. The van der Waals surface area contributed by atoms with Crippen molar-refractivity contribution in [3.63, 3.8) is 0 Å². The van der Waals surface area contributed by atoms with Crippen LogP contribution in [0.2, 0.25) is 0 Å². The van der Waals surface area contributed by atoms with E-state index in [2.05, 4.69) is 10.6 Å². The number of nitrogens with one attached hydrogen (secondary N) is 2. The van der Waals surface area contributed by atoms with Crippen LogP contribution in [0.4, 0.5) is 16.2 Å². The fraction of sp³-hybridized carbons (Fsp3) is 0. The van der Waals surface area contributed by atoms with Crippen LogP contribution in [0.3, 0.4) is 0 Å². The maximum absolute atomic E-state index is 12.3. The first-order valence-corrected chi connectivity index (χ1v) is 7.70. The van der Waals surface area contributed by atoms with Gasteiger partial charge in [0.15, 0.2) is 0 Å². The number of anilines is 2. The van der Waals surface area contributed by atoms with Gasteiger partial charge in [0.25, 0.3) is 0 Å². The molecule has 0 atom stereocenters. The Morgan fingerprint density at radius 3 is 2.00 bits per heavy atom. The number of urea groups is 1. The second-order valence-electron chi connectivity index (χ2n) is 5.34. The molecule has 0 aliphatic heterocycles. The third-order valence-corrected chi connectivity index (χ3v) is 3.64. The molecule has 124 valence electrons. The summed E-state index contributed by atoms with van der Waals surface area (Å²) in [6.45, 7) is 0. The maximum atomic E-state index is 12.3. The molecule has 0 saturated heterocycles. The van der Waals surface area contributed by atoms with Gasteiger partial charge in [0, 0.05) is 11.3 Å². The molecule has 3 aromatic rings. The van der Waals surface area contributed by atoms with Crippen molar-refractivity contribution in [1.29, 1.82) is 0 Å². The van der Waals surface area contributed by atoms with Crippen LogP contribution in [0.1, 0.15) is 10.4 Å². The summed E-state index contributed by atoms with van der Waals surface area (Å²) in [5.41, 5.74) is 2.40. The van der Waals surface area contributed by atoms with E-state index in [1.165, 1.54) is 6.07 Å². The Hall–Kier alpha value is -3.60. The molecule has 0 bridgehead atoms. The average molecular weight is 332 g/mol. The molecule has 0 unspecified atom stereocenters. The quantitative estimate of drug-likeness (QED) is 0.648. The fourth-order valence-electron chi connectivity index (χ4n) is 2.56. The van der Waals surface area contributed by atoms with E-state index >= 15 is 0 Å². The predicted octanol–water partition coefficient (Wildman–Crippen LogP) is 4.70. The summed E-state index contributed by atoms with van der Waals surface area (Å²) in [5, 5.41) is 15.0. The van der Waals surface area contributed by atoms with Crippen molar-refractivity contribution in [3.05, 3.63) is 84.4 Å². The van der Waals surface area contributed by atoms with Crippen molar-refractivity contribution >= 4 is 23.4 Å². The van der Waals surface area contributed by atoms with E-state index < -0.39 is 12.0 Å². The number of benzene rings is 3. The van der Waals surface area contributed by atoms with Crippen molar-refractivity contribution < 1.29 is 14.7 Å². The summed E-state index contributed by atoms with van der Waals surface area (Å²) in [6.07, 6.45) is 0. The highest BCUT2D eigenvalue weighted by molar-refractivity contribution is 6.06. The van der Waals surface area contributed by atoms with E-state index in [0.29, 0.717) is 16.9 Å². The van der Waals surface area contributed by atoms with E-state index in [-0.39, 0.29) is 5.56 Å². The summed E-state index contributed by atoms with van der Waals surface area (Å²) >= 11 is 0. The van der Waals surface area contributed by atoms with Crippen LogP contribution in [0.5, 0.6) is 0 Å². The van der Waals surface area contributed by atoms with Crippen LogP contribution >= 0.6 is 0 Å². The largest absolute Gasteiger partial charge is 0.478 e. The van der Waals surface area contributed by atoms with E-state index in [1.807, 2.05) is 48.5 Å². The Morgan fingerprint density at radius 2 is 1.36 bits per heavy atom. The number of para-hydroxylation sites is 1. The van der Waals surface area contributed by atoms with Gasteiger partial charge in [-0.3, -0.25) is 0 Å². The average Bonchev–Trinajstić information content (AvgIpc) is 2.63. The molecule has 3 N–H and O–H groups in total. The SMILES string of the molecule is O=C(Nc1ccccc1)Nc1cccc(C(=O)O)c1-c1ccccc1. The van der Waals surface area contributed by atoms with Gasteiger partial charge in [0.05, 0.1) is 11.3 Å². The third-order valence-electron chi connectivity index (χ3n) is 3.64. The predicted molar refractivity (Wildman–Crippen MR) is 97.9 cm³/mol. The standard InChI is InChI=1S/C20H16N2O3/c23-19(24)16-12-7-13-17(18(16)14-8-3-1-4-9-14)22-20(25)21-15-10-5-2-6-11-15/h1-13H,(H,23,24)(H2,21,22,25). The molecule has 3 rings (SSSR count). The molecule has 0 fully saturated rings. The molecule has 3 aromatic carbocycles. The number of aromatic carboxylic acids is 1. The molecular weight excluding hydrogens is 316 g/mol. The molecule has 0 saturated carbocycles. The smallest absolute Gasteiger partial charge is 0.336 e. The number of carbonyl (C=O) groups is 2. The molecule has 2 amide bonds. The Bertz CT molecular complexity index is 893. The summed E-state index contributed by atoms with van der Waals surface area (Å²) < 4.78 is 0. The van der Waals surface area contributed by atoms with Crippen molar-refractivity contribution in [1.82, 2.24) is 0 Å². The first-order chi connectivity index (χ1) is 12.1. The monoisotopic (exact) mass is 332 g/mol. The highest BCUT2D eigenvalue weighted by atomic mass is 16.4. The summed E-state index contributed by atoms with van der Waals surface area (Å²) in [5.74, 6) is -1.05. The normalized spacial score (nSPS) is 10.1. The lowest BCUT2D eigenvalue weighted by atomic mass is 9.97. The van der Waals surface area contributed by atoms with Crippen LogP contribution in [-0.4, -0.2) is 17.1 Å². The molecule has 0 aliphatic rings. The minimum absolute atomic E-state index is 0.128. The van der Waals surface area contributed by atoms with Crippen LogP contribution in [0.25, 0.3) is 11.1 Å². The van der Waals surface area contributed by atoms with Gasteiger partial charge in [-0.25, -0.2) is 9.59 Å². The molecular formula is C20H16N2O3. The van der Waals surface area contributed by atoms with Crippen molar-refractivity contribution in [2.75, 3.05) is 10.6 Å². The topological polar surface area (TPSA) is 78.4 Å². The van der Waals surface area contributed by atoms with Crippen molar-refractivity contribution in [2.45, 2.75) is 0 Å². The van der Waals surface area contributed by atoms with Gasteiger partial charge in [0.1, 0.15) is 0 Å². The van der Waals surface area contributed by atoms with E-state index in [9.17, 15) is 14.7 Å². The van der Waals surface area contributed by atoms with E-state index in [4.69, 9.17) is 0 Å². The zero-order valence-corrected chi connectivity index (χ0v) is 13.3. The van der Waals surface area contributed by atoms with Crippen LogP contribution in [-0.2, 0) is 0 Å². The Kier molecular flexibility index (Phi) is 4.76. The zero-order chi connectivity index (χ0) is 17.6. The van der Waals surface area contributed by atoms with Crippen molar-refractivity contribution in [3.8, 4) is 11.1 Å². The van der Waals surface area contributed by atoms with Gasteiger partial charge in [-0.1, -0.05) is 54.6 Å². The second-order valence-corrected chi connectivity index (χ2v) is 5.34. The summed E-state index contributed by atoms with van der Waals surface area (Å²) in [4.78, 5) is 23.9. The number of hydrogen-bond donors (Lipinski definition) is 3. The lowest BCUT2D eigenvalue weighted by Gasteiger charge is -2.14. The van der Waals surface area contributed by atoms with Crippen LogP contribution < -0.4 is 10.6 Å². The first kappa shape index (κ1) is 16.3. The molecule has 0 radical (unpaired) electrons. The molecule has 25 heavy (non-hydrogen) atoms. The Balaban J connectivity index is 1.95. The Labute approximate surface area is 144 Å². The van der Waals surface area contributed by atoms with Gasteiger partial charge in [-0.2, -0.15) is 0 Å². The second kappa shape index (κ2) is 7.31. The first-order valence-electron chi connectivity index (χ1n) is 7.70. The minimum Gasteiger partial charge on any atom is -0.478 e. The highest BCUT2D eigenvalue weighted by Crippen LogP contribution is 2.32. The third kappa shape index (κ3) is 3.84. The summed E-state index contributed by atoms with van der Waals surface area (Å²) in [7, 11) is 0. The molecule has 5 nitrogen and oxygen atoms in total. The molecule has 0 spiro atoms. The van der Waals surface area contributed by atoms with Crippen molar-refractivity contribution in [2.24, 2.45) is 0 Å². The number of carboxylic acids is 1. The van der Waals surface area contributed by atoms with Gasteiger partial charge in [-0.05, 0) is 29.8 Å². The molecule has 0 heterocycles. The van der Waals surface area contributed by atoms with Crippen LogP contribution in [0.15, 0.2) is 78.9 Å². The minimum atomic E-state index is -1.05. The number of amides is 2. The number of hydrogen-bond acceptors (Lipinski definition) is 2. The molecule has 0 aromatic heterocycles. The molecule has 0 aliphatic carbocycles. The van der Waals surface area contributed by atoms with Gasteiger partial charge in [-0.15, -0.1) is 0 Å². The van der Waals surface area contributed by atoms with Gasteiger partial charge < -0.3 is 15.7 Å². The maximum Gasteiger partial charge on any atom is 0.336 e. The summed E-state index contributed by atoms with van der Waals surface area (Å²) in [6, 6.07) is 22.5. The molecule has 5 heteroatoms. The van der Waals surface area contributed by atoms with E-state index in [1.54, 1.807) is 24.3 Å². The lowest BCUT2D eigenvalue weighted by Crippen LogP contribution is -2.20. The highest BCUT2D eigenvalue weighted by Gasteiger charge is 2.17. The lowest BCUT2D eigenvalue weighted by molar-refractivity contribution is 0.0697. The van der Waals surface area contributed by atoms with E-state index in [0.717, 1.165) is 5.56 Å². The van der Waals surface area contributed by atoms with Crippen LogP contribution in [0, 0.1) is 0 Å². The Morgan fingerprint density at radius 1 is 0.720 bits per heavy atom. The number of carbonyl (C=O) groups excluding carboxylic acids is 1. The number of carboxylic acid groups (broad SMARTS) is 1. The van der Waals surface area contributed by atoms with Gasteiger partial charge >= 0.3 is 12.0 Å².